The van der Waals surface area contributed by atoms with Crippen molar-refractivity contribution in [3.8, 4) is 0 Å². The fraction of sp³-hybridized carbons (Fsp3) is 0.318. The van der Waals surface area contributed by atoms with Crippen LogP contribution in [0.3, 0.4) is 0 Å². The average Bonchev–Trinajstić information content (AvgIpc) is 3.20. The molecular formula is C22H28N6. The Morgan fingerprint density at radius 3 is 2.71 bits per heavy atom. The number of guanidine groups is 1. The lowest BCUT2D eigenvalue weighted by atomic mass is 10.1. The molecule has 0 atom stereocenters. The first-order valence-corrected chi connectivity index (χ1v) is 9.60. The quantitative estimate of drug-likeness (QED) is 0.508. The number of aryl methyl sites for hydroxylation is 1. The zero-order chi connectivity index (χ0) is 19.8. The number of benzene rings is 2. The minimum atomic E-state index is 0.631. The maximum atomic E-state index is 4.84. The summed E-state index contributed by atoms with van der Waals surface area (Å²) in [5.74, 6) is 0.910. The predicted octanol–water partition coefficient (Wildman–Crippen LogP) is 3.23. The van der Waals surface area contributed by atoms with Crippen LogP contribution in [0, 0.1) is 6.92 Å². The Kier molecular flexibility index (Phi) is 6.78. The van der Waals surface area contributed by atoms with Crippen molar-refractivity contribution in [2.24, 2.45) is 4.99 Å². The van der Waals surface area contributed by atoms with Gasteiger partial charge in [-0.05, 0) is 36.1 Å². The van der Waals surface area contributed by atoms with E-state index in [0.717, 1.165) is 19.0 Å². The van der Waals surface area contributed by atoms with E-state index in [9.17, 15) is 0 Å². The van der Waals surface area contributed by atoms with Crippen LogP contribution in [0.2, 0.25) is 0 Å². The maximum absolute atomic E-state index is 4.84. The van der Waals surface area contributed by atoms with Gasteiger partial charge in [0.25, 0.3) is 0 Å². The Morgan fingerprint density at radius 2 is 1.96 bits per heavy atom. The SMILES string of the molecule is CCNC(=NCc1cccc(Cn2cncn2)c1)N(C)Cc1ccccc1C. The van der Waals surface area contributed by atoms with E-state index in [1.165, 1.54) is 22.3 Å². The van der Waals surface area contributed by atoms with E-state index in [1.807, 2.05) is 4.68 Å². The van der Waals surface area contributed by atoms with Crippen molar-refractivity contribution >= 4 is 5.96 Å². The van der Waals surface area contributed by atoms with E-state index >= 15 is 0 Å². The zero-order valence-corrected chi connectivity index (χ0v) is 16.8. The van der Waals surface area contributed by atoms with Gasteiger partial charge in [0, 0.05) is 20.1 Å². The number of hydrogen-bond donors (Lipinski definition) is 1. The van der Waals surface area contributed by atoms with Gasteiger partial charge >= 0.3 is 0 Å². The molecule has 6 heteroatoms. The topological polar surface area (TPSA) is 58.3 Å². The first-order chi connectivity index (χ1) is 13.7. The molecule has 0 aliphatic rings. The normalized spacial score (nSPS) is 11.5. The van der Waals surface area contributed by atoms with Crippen LogP contribution in [0.5, 0.6) is 0 Å². The summed E-state index contributed by atoms with van der Waals surface area (Å²) in [5, 5.41) is 7.57. The van der Waals surface area contributed by atoms with Gasteiger partial charge in [0.2, 0.25) is 0 Å². The largest absolute Gasteiger partial charge is 0.357 e. The summed E-state index contributed by atoms with van der Waals surface area (Å²) in [6.45, 7) is 7.24. The van der Waals surface area contributed by atoms with Gasteiger partial charge in [-0.2, -0.15) is 5.10 Å². The van der Waals surface area contributed by atoms with E-state index in [0.29, 0.717) is 13.1 Å². The maximum Gasteiger partial charge on any atom is 0.194 e. The van der Waals surface area contributed by atoms with Crippen LogP contribution < -0.4 is 5.32 Å². The Balaban J connectivity index is 1.69. The zero-order valence-electron chi connectivity index (χ0n) is 16.8. The summed E-state index contributed by atoms with van der Waals surface area (Å²) in [6.07, 6.45) is 3.29. The van der Waals surface area contributed by atoms with E-state index in [4.69, 9.17) is 4.99 Å². The minimum absolute atomic E-state index is 0.631. The molecule has 146 valence electrons. The second kappa shape index (κ2) is 9.69. The molecule has 0 aliphatic carbocycles. The second-order valence-electron chi connectivity index (χ2n) is 6.87. The molecule has 3 aromatic rings. The van der Waals surface area contributed by atoms with Crippen LogP contribution in [0.25, 0.3) is 0 Å². The van der Waals surface area contributed by atoms with E-state index in [1.54, 1.807) is 12.7 Å². The van der Waals surface area contributed by atoms with Gasteiger partial charge in [-0.3, -0.25) is 0 Å². The standard InChI is InChI=1S/C22H28N6/c1-4-24-22(27(3)15-21-11-6-5-8-18(21)2)25-13-19-9-7-10-20(12-19)14-28-17-23-16-26-28/h5-12,16-17H,4,13-15H2,1-3H3,(H,24,25). The number of nitrogens with zero attached hydrogens (tertiary/aromatic N) is 5. The number of aromatic nitrogens is 3. The summed E-state index contributed by atoms with van der Waals surface area (Å²) in [7, 11) is 2.08. The highest BCUT2D eigenvalue weighted by atomic mass is 15.3. The number of nitrogens with one attached hydrogen (secondary N) is 1. The molecule has 0 unspecified atom stereocenters. The Morgan fingerprint density at radius 1 is 1.14 bits per heavy atom. The number of hydrogen-bond acceptors (Lipinski definition) is 3. The first-order valence-electron chi connectivity index (χ1n) is 9.60. The summed E-state index contributed by atoms with van der Waals surface area (Å²) in [6, 6.07) is 16.9. The molecule has 0 bridgehead atoms. The summed E-state index contributed by atoms with van der Waals surface area (Å²) in [5.41, 5.74) is 4.98. The van der Waals surface area contributed by atoms with Crippen molar-refractivity contribution in [1.82, 2.24) is 25.0 Å². The van der Waals surface area contributed by atoms with Crippen LogP contribution in [0.4, 0.5) is 0 Å². The Bertz CT molecular complexity index is 901. The highest BCUT2D eigenvalue weighted by Gasteiger charge is 2.08. The molecule has 0 radical (unpaired) electrons. The van der Waals surface area contributed by atoms with Crippen molar-refractivity contribution in [3.63, 3.8) is 0 Å². The molecule has 3 rings (SSSR count). The van der Waals surface area contributed by atoms with Crippen LogP contribution >= 0.6 is 0 Å². The smallest absolute Gasteiger partial charge is 0.194 e. The lowest BCUT2D eigenvalue weighted by Gasteiger charge is -2.23. The van der Waals surface area contributed by atoms with Gasteiger partial charge in [0.1, 0.15) is 12.7 Å². The van der Waals surface area contributed by atoms with Crippen molar-refractivity contribution in [2.45, 2.75) is 33.5 Å². The molecule has 2 aromatic carbocycles. The molecule has 0 amide bonds. The lowest BCUT2D eigenvalue weighted by Crippen LogP contribution is -2.38. The molecule has 0 saturated heterocycles. The van der Waals surface area contributed by atoms with E-state index in [-0.39, 0.29) is 0 Å². The third kappa shape index (κ3) is 5.42. The molecule has 1 heterocycles. The number of aliphatic imine (C=N–C) groups is 1. The van der Waals surface area contributed by atoms with E-state index in [2.05, 4.69) is 89.7 Å². The highest BCUT2D eigenvalue weighted by molar-refractivity contribution is 5.79. The first kappa shape index (κ1) is 19.6. The van der Waals surface area contributed by atoms with Crippen molar-refractivity contribution in [3.05, 3.63) is 83.4 Å². The molecule has 0 aliphatic heterocycles. The van der Waals surface area contributed by atoms with Gasteiger partial charge in [0.15, 0.2) is 5.96 Å². The molecule has 28 heavy (non-hydrogen) atoms. The van der Waals surface area contributed by atoms with Crippen molar-refractivity contribution < 1.29 is 0 Å². The van der Waals surface area contributed by atoms with Gasteiger partial charge in [-0.1, -0.05) is 48.5 Å². The predicted molar refractivity (Wildman–Crippen MR) is 113 cm³/mol. The Labute approximate surface area is 166 Å². The molecule has 1 N–H and O–H groups in total. The summed E-state index contributed by atoms with van der Waals surface area (Å²) >= 11 is 0. The average molecular weight is 377 g/mol. The molecule has 6 nitrogen and oxygen atoms in total. The molecule has 0 fully saturated rings. The van der Waals surface area contributed by atoms with E-state index < -0.39 is 0 Å². The van der Waals surface area contributed by atoms with Crippen LogP contribution in [0.15, 0.2) is 66.2 Å². The van der Waals surface area contributed by atoms with Crippen LogP contribution in [0.1, 0.15) is 29.2 Å². The van der Waals surface area contributed by atoms with Crippen molar-refractivity contribution in [1.29, 1.82) is 0 Å². The number of rotatable bonds is 7. The molecule has 1 aromatic heterocycles. The van der Waals surface area contributed by atoms with Crippen LogP contribution in [-0.2, 0) is 19.6 Å². The third-order valence-corrected chi connectivity index (χ3v) is 4.58. The second-order valence-corrected chi connectivity index (χ2v) is 6.87. The monoisotopic (exact) mass is 376 g/mol. The minimum Gasteiger partial charge on any atom is -0.357 e. The third-order valence-electron chi connectivity index (χ3n) is 4.58. The Hall–Kier alpha value is -3.15. The van der Waals surface area contributed by atoms with Gasteiger partial charge in [0.05, 0.1) is 13.1 Å². The fourth-order valence-corrected chi connectivity index (χ4v) is 3.08. The highest BCUT2D eigenvalue weighted by Crippen LogP contribution is 2.11. The summed E-state index contributed by atoms with van der Waals surface area (Å²) in [4.78, 5) is 11.0. The van der Waals surface area contributed by atoms with Crippen LogP contribution in [-0.4, -0.2) is 39.2 Å². The van der Waals surface area contributed by atoms with Gasteiger partial charge in [-0.15, -0.1) is 0 Å². The molecule has 0 saturated carbocycles. The van der Waals surface area contributed by atoms with Gasteiger partial charge < -0.3 is 10.2 Å². The van der Waals surface area contributed by atoms with Crippen molar-refractivity contribution in [2.75, 3.05) is 13.6 Å². The summed E-state index contributed by atoms with van der Waals surface area (Å²) < 4.78 is 1.82. The van der Waals surface area contributed by atoms with Gasteiger partial charge in [-0.25, -0.2) is 14.7 Å². The molecular weight excluding hydrogens is 348 g/mol. The molecule has 0 spiro atoms. The fourth-order valence-electron chi connectivity index (χ4n) is 3.08. The lowest BCUT2D eigenvalue weighted by molar-refractivity contribution is 0.475.